The summed E-state index contributed by atoms with van der Waals surface area (Å²) in [5.74, 6) is 0. The Kier molecular flexibility index (Phi) is 9.64. The fourth-order valence-corrected chi connectivity index (χ4v) is 6.50. The van der Waals surface area contributed by atoms with Gasteiger partial charge in [0.05, 0.1) is 0 Å². The molecule has 0 aromatic heterocycles. The second-order valence-corrected chi connectivity index (χ2v) is 8.12. The van der Waals surface area contributed by atoms with Crippen molar-refractivity contribution in [2.24, 2.45) is 0 Å². The third-order valence-corrected chi connectivity index (χ3v) is 7.83. The molecule has 0 amide bonds. The van der Waals surface area contributed by atoms with Gasteiger partial charge in [-0.2, -0.15) is 0 Å². The van der Waals surface area contributed by atoms with Gasteiger partial charge in [-0.1, -0.05) is 0 Å². The molecule has 0 saturated heterocycles. The molecule has 1 aromatic carbocycles. The SMILES string of the molecule is O=CC(OP)[C@@H](P=O)[C@@H](C[Se]Cc1ccccc1)P=O. The molecule has 8 heteroatoms. The molecule has 0 N–H and O–H groups in total. The first-order valence-electron chi connectivity index (χ1n) is 5.84. The molecule has 20 heavy (non-hydrogen) atoms. The van der Waals surface area contributed by atoms with E-state index in [1.54, 1.807) is 0 Å². The molecule has 108 valence electrons. The Balaban J connectivity index is 2.55. The summed E-state index contributed by atoms with van der Waals surface area (Å²) in [6.45, 7) is 0. The second kappa shape index (κ2) is 10.7. The van der Waals surface area contributed by atoms with Gasteiger partial charge < -0.3 is 0 Å². The number of hydrogen-bond acceptors (Lipinski definition) is 4. The minimum atomic E-state index is -0.807. The van der Waals surface area contributed by atoms with Crippen LogP contribution in [0.15, 0.2) is 30.3 Å². The summed E-state index contributed by atoms with van der Waals surface area (Å²) in [5.41, 5.74) is 0.342. The van der Waals surface area contributed by atoms with Gasteiger partial charge in [0.2, 0.25) is 0 Å². The van der Waals surface area contributed by atoms with Gasteiger partial charge in [-0.05, 0) is 0 Å². The van der Waals surface area contributed by atoms with E-state index in [0.717, 1.165) is 5.32 Å². The average Bonchev–Trinajstić information content (AvgIpc) is 2.51. The molecule has 0 bridgehead atoms. The van der Waals surface area contributed by atoms with Crippen LogP contribution in [0, 0.1) is 0 Å². The molecule has 0 aliphatic carbocycles. The molecule has 4 atom stereocenters. The molecular formula is C12H15O4P3Se. The van der Waals surface area contributed by atoms with Crippen molar-refractivity contribution in [3.63, 3.8) is 0 Å². The maximum absolute atomic E-state index is 11.3. The van der Waals surface area contributed by atoms with Crippen molar-refractivity contribution in [1.82, 2.24) is 0 Å². The summed E-state index contributed by atoms with van der Waals surface area (Å²) in [5, 5.41) is 1.61. The van der Waals surface area contributed by atoms with Crippen LogP contribution in [0.1, 0.15) is 5.56 Å². The van der Waals surface area contributed by atoms with Crippen LogP contribution in [0.25, 0.3) is 0 Å². The van der Waals surface area contributed by atoms with Crippen molar-refractivity contribution >= 4 is 47.6 Å². The third kappa shape index (κ3) is 5.78. The Hall–Kier alpha value is -0.000519. The molecule has 2 unspecified atom stereocenters. The molecule has 0 aliphatic heterocycles. The number of carbonyl (C=O) groups is 1. The summed E-state index contributed by atoms with van der Waals surface area (Å²) >= 11 is 0.237. The van der Waals surface area contributed by atoms with E-state index < -0.39 is 11.8 Å². The topological polar surface area (TPSA) is 60.4 Å². The Bertz CT molecular complexity index is 432. The second-order valence-electron chi connectivity index (χ2n) is 4.01. The minimum absolute atomic E-state index is 0.0899. The van der Waals surface area contributed by atoms with Crippen molar-refractivity contribution in [3.05, 3.63) is 35.9 Å². The van der Waals surface area contributed by atoms with E-state index in [-0.39, 0.29) is 37.5 Å². The first-order chi connectivity index (χ1) is 9.76. The van der Waals surface area contributed by atoms with Crippen LogP contribution in [0.5, 0.6) is 0 Å². The fourth-order valence-electron chi connectivity index (χ4n) is 1.61. The van der Waals surface area contributed by atoms with Crippen molar-refractivity contribution in [2.45, 2.75) is 28.1 Å². The van der Waals surface area contributed by atoms with E-state index in [0.29, 0.717) is 11.6 Å². The van der Waals surface area contributed by atoms with Crippen LogP contribution >= 0.6 is 26.4 Å². The van der Waals surface area contributed by atoms with Gasteiger partial charge in [0.1, 0.15) is 0 Å². The van der Waals surface area contributed by atoms with Gasteiger partial charge in [-0.3, -0.25) is 0 Å². The third-order valence-electron chi connectivity index (χ3n) is 2.68. The predicted octanol–water partition coefficient (Wildman–Crippen LogP) is 3.00. The van der Waals surface area contributed by atoms with E-state index in [4.69, 9.17) is 4.52 Å². The van der Waals surface area contributed by atoms with Crippen molar-refractivity contribution in [3.8, 4) is 0 Å². The van der Waals surface area contributed by atoms with Gasteiger partial charge >= 0.3 is 130 Å². The molecule has 0 aliphatic rings. The molecule has 0 saturated carbocycles. The van der Waals surface area contributed by atoms with Crippen LogP contribution in [0.4, 0.5) is 0 Å². The Labute approximate surface area is 130 Å². The van der Waals surface area contributed by atoms with Gasteiger partial charge in [-0.25, -0.2) is 0 Å². The number of carbonyl (C=O) groups excluding carboxylic acids is 1. The number of rotatable bonds is 10. The molecule has 0 radical (unpaired) electrons. The van der Waals surface area contributed by atoms with Crippen molar-refractivity contribution in [1.29, 1.82) is 0 Å². The maximum atomic E-state index is 11.3. The standard InChI is InChI=1S/C12H15O4P3Se/c13-6-10(16-17)12(19-15)11(18-14)8-20-7-9-4-2-1-3-5-9/h1-6,10-12H,7-8,17H2/t10?,11-,12-/m1/s1. The molecule has 4 nitrogen and oxygen atoms in total. The van der Waals surface area contributed by atoms with Gasteiger partial charge in [-0.15, -0.1) is 0 Å². The quantitative estimate of drug-likeness (QED) is 0.347. The van der Waals surface area contributed by atoms with E-state index in [1.165, 1.54) is 5.56 Å². The van der Waals surface area contributed by atoms with E-state index >= 15 is 0 Å². The van der Waals surface area contributed by atoms with Gasteiger partial charge in [0.25, 0.3) is 0 Å². The number of aldehydes is 1. The normalized spacial score (nSPS) is 15.8. The van der Waals surface area contributed by atoms with Gasteiger partial charge in [0, 0.05) is 0 Å². The first kappa shape index (κ1) is 18.0. The zero-order valence-electron chi connectivity index (χ0n) is 10.6. The van der Waals surface area contributed by atoms with Crippen LogP contribution in [0.3, 0.4) is 0 Å². The Morgan fingerprint density at radius 2 is 1.95 bits per heavy atom. The van der Waals surface area contributed by atoms with Crippen LogP contribution in [-0.4, -0.2) is 38.7 Å². The summed E-state index contributed by atoms with van der Waals surface area (Å²) in [6.07, 6.45) is -0.205. The molecule has 0 spiro atoms. The summed E-state index contributed by atoms with van der Waals surface area (Å²) in [7, 11) is 1.70. The number of benzene rings is 1. The molecule has 0 heterocycles. The van der Waals surface area contributed by atoms with Crippen LogP contribution in [-0.2, 0) is 23.8 Å². The fraction of sp³-hybridized carbons (Fsp3) is 0.417. The summed E-state index contributed by atoms with van der Waals surface area (Å²) < 4.78 is 27.4. The zero-order chi connectivity index (χ0) is 14.8. The Morgan fingerprint density at radius 3 is 2.45 bits per heavy atom. The molecule has 1 aromatic rings. The molecule has 1 rings (SSSR count). The molecular weight excluding hydrogens is 380 g/mol. The van der Waals surface area contributed by atoms with Crippen molar-refractivity contribution in [2.75, 3.05) is 0 Å². The van der Waals surface area contributed by atoms with E-state index in [1.807, 2.05) is 27.7 Å². The van der Waals surface area contributed by atoms with Crippen molar-refractivity contribution < 1.29 is 18.4 Å². The van der Waals surface area contributed by atoms with Crippen LogP contribution in [0.2, 0.25) is 5.32 Å². The van der Waals surface area contributed by atoms with E-state index in [9.17, 15) is 13.9 Å². The van der Waals surface area contributed by atoms with Crippen LogP contribution < -0.4 is 0 Å². The Morgan fingerprint density at radius 1 is 1.25 bits per heavy atom. The summed E-state index contributed by atoms with van der Waals surface area (Å²) in [6, 6.07) is 10.0. The average molecular weight is 395 g/mol. The summed E-state index contributed by atoms with van der Waals surface area (Å²) in [4.78, 5) is 10.9. The molecule has 0 fully saturated rings. The first-order valence-corrected chi connectivity index (χ1v) is 10.5. The predicted molar refractivity (Wildman–Crippen MR) is 84.1 cm³/mol. The monoisotopic (exact) mass is 396 g/mol. The number of hydrogen-bond donors (Lipinski definition) is 0. The zero-order valence-corrected chi connectivity index (χ0v) is 15.3. The van der Waals surface area contributed by atoms with Gasteiger partial charge in [0.15, 0.2) is 0 Å². The van der Waals surface area contributed by atoms with E-state index in [2.05, 4.69) is 12.1 Å².